The van der Waals surface area contributed by atoms with Gasteiger partial charge in [0.2, 0.25) is 5.91 Å². The molecule has 0 aromatic heterocycles. The molecule has 0 heterocycles. The molecule has 0 aromatic carbocycles. The number of amides is 1. The van der Waals surface area contributed by atoms with E-state index < -0.39 is 12.1 Å². The van der Waals surface area contributed by atoms with Gasteiger partial charge in [-0.3, -0.25) is 9.59 Å². The minimum atomic E-state index is -0.661. The number of carbonyl (C=O) groups excluding carboxylic acids is 2. The minimum absolute atomic E-state index is 0.00241. The van der Waals surface area contributed by atoms with E-state index in [1.165, 1.54) is 205 Å². The number of allylic oxidation sites excluding steroid dienone is 4. The highest BCUT2D eigenvalue weighted by Gasteiger charge is 2.20. The third-order valence-electron chi connectivity index (χ3n) is 12.5. The number of esters is 1. The molecule has 0 aliphatic rings. The number of hydrogen-bond donors (Lipinski definition) is 3. The predicted octanol–water partition coefficient (Wildman–Crippen LogP) is 16.3. The van der Waals surface area contributed by atoms with Crippen molar-refractivity contribution in [2.45, 2.75) is 302 Å². The maximum Gasteiger partial charge on any atom is 0.305 e. The van der Waals surface area contributed by atoms with E-state index in [0.717, 1.165) is 51.4 Å². The van der Waals surface area contributed by atoms with Crippen LogP contribution in [-0.4, -0.2) is 47.4 Å². The van der Waals surface area contributed by atoms with Gasteiger partial charge in [-0.1, -0.05) is 250 Å². The van der Waals surface area contributed by atoms with Crippen LogP contribution < -0.4 is 5.32 Å². The summed E-state index contributed by atoms with van der Waals surface area (Å²) in [6, 6.07) is -0.539. The summed E-state index contributed by atoms with van der Waals surface area (Å²) in [6.45, 7) is 4.86. The van der Waals surface area contributed by atoms with Gasteiger partial charge in [-0.25, -0.2) is 0 Å². The molecule has 0 bridgehead atoms. The Morgan fingerprint density at radius 2 is 0.852 bits per heavy atom. The Morgan fingerprint density at radius 1 is 0.459 bits per heavy atom. The summed E-state index contributed by atoms with van der Waals surface area (Å²) in [7, 11) is 0. The first-order chi connectivity index (χ1) is 30.0. The minimum Gasteiger partial charge on any atom is -0.466 e. The first kappa shape index (κ1) is 59.3. The summed E-state index contributed by atoms with van der Waals surface area (Å²) in [4.78, 5) is 24.4. The number of aliphatic hydroxyl groups excluding tert-OH is 2. The van der Waals surface area contributed by atoms with Gasteiger partial charge in [-0.2, -0.15) is 0 Å². The van der Waals surface area contributed by atoms with Crippen LogP contribution in [-0.2, 0) is 14.3 Å². The maximum atomic E-state index is 12.4. The van der Waals surface area contributed by atoms with Crippen LogP contribution in [0.4, 0.5) is 0 Å². The highest BCUT2D eigenvalue weighted by atomic mass is 16.5. The van der Waals surface area contributed by atoms with E-state index in [0.29, 0.717) is 25.9 Å². The molecule has 6 nitrogen and oxygen atoms in total. The Bertz CT molecular complexity index is 951. The molecule has 0 saturated heterocycles. The smallest absolute Gasteiger partial charge is 0.305 e. The van der Waals surface area contributed by atoms with Gasteiger partial charge in [0.05, 0.1) is 25.4 Å². The molecule has 0 aromatic rings. The zero-order chi connectivity index (χ0) is 44.4. The number of hydrogen-bond acceptors (Lipinski definition) is 5. The monoisotopic (exact) mass is 860 g/mol. The van der Waals surface area contributed by atoms with Crippen molar-refractivity contribution >= 4 is 11.9 Å². The normalized spacial score (nSPS) is 12.8. The number of rotatable bonds is 50. The van der Waals surface area contributed by atoms with Gasteiger partial charge in [-0.05, 0) is 51.4 Å². The van der Waals surface area contributed by atoms with Crippen molar-refractivity contribution in [3.8, 4) is 0 Å². The molecular formula is C55H105NO5. The third kappa shape index (κ3) is 47.7. The second-order valence-electron chi connectivity index (χ2n) is 18.6. The first-order valence-electron chi connectivity index (χ1n) is 27.1. The first-order valence-corrected chi connectivity index (χ1v) is 27.1. The highest BCUT2D eigenvalue weighted by molar-refractivity contribution is 5.76. The second-order valence-corrected chi connectivity index (χ2v) is 18.6. The summed E-state index contributed by atoms with van der Waals surface area (Å²) in [5.41, 5.74) is 0. The lowest BCUT2D eigenvalue weighted by Gasteiger charge is -2.22. The largest absolute Gasteiger partial charge is 0.466 e. The molecule has 360 valence electrons. The molecule has 2 atom stereocenters. The Kier molecular flexibility index (Phi) is 49.6. The summed E-state index contributed by atoms with van der Waals surface area (Å²) in [5.74, 6) is -0.0401. The van der Waals surface area contributed by atoms with Crippen LogP contribution in [0.25, 0.3) is 0 Å². The molecule has 0 radical (unpaired) electrons. The van der Waals surface area contributed by atoms with Crippen molar-refractivity contribution in [3.05, 3.63) is 24.3 Å². The SMILES string of the molecule is CCC/C=C\C/C=C\CCCCCCCC(=O)OCCCCCCCCCCCCCCCCCCCCCCCCC(=O)NC(CO)C(O)CCCCCCCCCCC. The molecule has 0 rings (SSSR count). The molecule has 0 aliphatic carbocycles. The topological polar surface area (TPSA) is 95.9 Å². The third-order valence-corrected chi connectivity index (χ3v) is 12.5. The number of ether oxygens (including phenoxy) is 1. The lowest BCUT2D eigenvalue weighted by Crippen LogP contribution is -2.45. The molecule has 1 amide bonds. The van der Waals surface area contributed by atoms with E-state index in [1.807, 2.05) is 0 Å². The van der Waals surface area contributed by atoms with Crippen LogP contribution in [0.3, 0.4) is 0 Å². The lowest BCUT2D eigenvalue weighted by molar-refractivity contribution is -0.143. The van der Waals surface area contributed by atoms with E-state index in [2.05, 4.69) is 43.5 Å². The molecule has 6 heteroatoms. The van der Waals surface area contributed by atoms with E-state index in [4.69, 9.17) is 4.74 Å². The van der Waals surface area contributed by atoms with Gasteiger partial charge >= 0.3 is 5.97 Å². The van der Waals surface area contributed by atoms with Crippen LogP contribution in [0.2, 0.25) is 0 Å². The highest BCUT2D eigenvalue weighted by Crippen LogP contribution is 2.17. The molecule has 3 N–H and O–H groups in total. The molecule has 2 unspecified atom stereocenters. The fourth-order valence-electron chi connectivity index (χ4n) is 8.32. The average Bonchev–Trinajstić information content (AvgIpc) is 3.26. The van der Waals surface area contributed by atoms with Crippen molar-refractivity contribution in [2.24, 2.45) is 0 Å². The molecule has 0 aliphatic heterocycles. The standard InChI is InChI=1S/C55H105NO5/c1-3-5-7-9-11-13-14-25-29-33-37-41-45-49-55(60)61-50-46-42-38-34-30-27-24-22-20-18-16-15-17-19-21-23-26-28-32-36-40-44-48-54(59)56-52(51-57)53(58)47-43-39-35-31-12-10-8-6-4-2/h7,9,13-14,52-53,57-58H,3-6,8,10-12,15-51H2,1-2H3,(H,56,59)/b9-7-,14-13-. The van der Waals surface area contributed by atoms with E-state index in [1.54, 1.807) is 0 Å². The Balaban J connectivity index is 3.35. The van der Waals surface area contributed by atoms with Crippen molar-refractivity contribution in [3.63, 3.8) is 0 Å². The average molecular weight is 860 g/mol. The van der Waals surface area contributed by atoms with Gasteiger partial charge in [0, 0.05) is 12.8 Å². The summed E-state index contributed by atoms with van der Waals surface area (Å²) in [6.07, 6.45) is 60.3. The summed E-state index contributed by atoms with van der Waals surface area (Å²) < 4.78 is 5.46. The van der Waals surface area contributed by atoms with E-state index >= 15 is 0 Å². The van der Waals surface area contributed by atoms with Crippen molar-refractivity contribution < 1.29 is 24.5 Å². The van der Waals surface area contributed by atoms with Crippen LogP contribution in [0.5, 0.6) is 0 Å². The van der Waals surface area contributed by atoms with Crippen LogP contribution in [0, 0.1) is 0 Å². The van der Waals surface area contributed by atoms with Crippen molar-refractivity contribution in [2.75, 3.05) is 13.2 Å². The zero-order valence-corrected chi connectivity index (χ0v) is 40.9. The lowest BCUT2D eigenvalue weighted by atomic mass is 10.0. The van der Waals surface area contributed by atoms with E-state index in [-0.39, 0.29) is 18.5 Å². The molecule has 0 saturated carbocycles. The zero-order valence-electron chi connectivity index (χ0n) is 40.9. The fraction of sp³-hybridized carbons (Fsp3) is 0.891. The van der Waals surface area contributed by atoms with Crippen LogP contribution >= 0.6 is 0 Å². The van der Waals surface area contributed by atoms with Crippen LogP contribution in [0.1, 0.15) is 290 Å². The quantitative estimate of drug-likeness (QED) is 0.0322. The molecule has 61 heavy (non-hydrogen) atoms. The summed E-state index contributed by atoms with van der Waals surface area (Å²) >= 11 is 0. The Morgan fingerprint density at radius 3 is 1.31 bits per heavy atom. The maximum absolute atomic E-state index is 12.4. The molecule has 0 fully saturated rings. The number of unbranched alkanes of at least 4 members (excludes halogenated alkanes) is 35. The van der Waals surface area contributed by atoms with Crippen molar-refractivity contribution in [1.29, 1.82) is 0 Å². The van der Waals surface area contributed by atoms with Gasteiger partial charge in [0.15, 0.2) is 0 Å². The Hall–Kier alpha value is -1.66. The van der Waals surface area contributed by atoms with Crippen molar-refractivity contribution in [1.82, 2.24) is 5.32 Å². The van der Waals surface area contributed by atoms with Gasteiger partial charge < -0.3 is 20.3 Å². The molecular weight excluding hydrogens is 755 g/mol. The van der Waals surface area contributed by atoms with E-state index in [9.17, 15) is 19.8 Å². The summed E-state index contributed by atoms with van der Waals surface area (Å²) in [5, 5.41) is 23.1. The predicted molar refractivity (Wildman–Crippen MR) is 264 cm³/mol. The van der Waals surface area contributed by atoms with Gasteiger partial charge in [-0.15, -0.1) is 0 Å². The number of carbonyl (C=O) groups is 2. The number of nitrogens with one attached hydrogen (secondary N) is 1. The Labute approximate surface area is 380 Å². The van der Waals surface area contributed by atoms with Crippen LogP contribution in [0.15, 0.2) is 24.3 Å². The van der Waals surface area contributed by atoms with Gasteiger partial charge in [0.25, 0.3) is 0 Å². The van der Waals surface area contributed by atoms with Gasteiger partial charge in [0.1, 0.15) is 0 Å². The fourth-order valence-corrected chi connectivity index (χ4v) is 8.32. The second kappa shape index (κ2) is 51.0. The number of aliphatic hydroxyl groups is 2. The molecule has 0 spiro atoms.